The maximum absolute atomic E-state index is 12.0. The van der Waals surface area contributed by atoms with Crippen LogP contribution in [0.5, 0.6) is 5.75 Å². The number of oxazole rings is 1. The molecule has 0 saturated heterocycles. The fourth-order valence-corrected chi connectivity index (χ4v) is 2.64. The summed E-state index contributed by atoms with van der Waals surface area (Å²) < 4.78 is 11.0. The van der Waals surface area contributed by atoms with Crippen LogP contribution in [0.15, 0.2) is 65.2 Å². The lowest BCUT2D eigenvalue weighted by Crippen LogP contribution is -2.25. The van der Waals surface area contributed by atoms with Gasteiger partial charge in [0.05, 0.1) is 13.3 Å². The van der Waals surface area contributed by atoms with E-state index in [0.29, 0.717) is 31.0 Å². The number of nitrogens with one attached hydrogen (secondary N) is 1. The van der Waals surface area contributed by atoms with Gasteiger partial charge in [0.2, 0.25) is 5.91 Å². The molecule has 0 radical (unpaired) electrons. The number of amides is 1. The molecule has 1 N–H and O–H groups in total. The number of nitrogens with zero attached hydrogens (tertiary/aromatic N) is 1. The highest BCUT2D eigenvalue weighted by Gasteiger charge is 2.09. The lowest BCUT2D eigenvalue weighted by atomic mass is 10.1. The van der Waals surface area contributed by atoms with Gasteiger partial charge >= 0.3 is 0 Å². The summed E-state index contributed by atoms with van der Waals surface area (Å²) in [4.78, 5) is 16.2. The fraction of sp³-hybridized carbons (Fsp3) is 0.238. The topological polar surface area (TPSA) is 64.4 Å². The van der Waals surface area contributed by atoms with Gasteiger partial charge < -0.3 is 14.5 Å². The van der Waals surface area contributed by atoms with E-state index in [1.807, 2.05) is 42.5 Å². The van der Waals surface area contributed by atoms with Crippen molar-refractivity contribution in [3.63, 3.8) is 0 Å². The lowest BCUT2D eigenvalue weighted by molar-refractivity contribution is -0.121. The highest BCUT2D eigenvalue weighted by atomic mass is 16.5. The Bertz CT molecular complexity index is 843. The molecule has 0 aliphatic heterocycles. The first-order valence-electron chi connectivity index (χ1n) is 8.64. The van der Waals surface area contributed by atoms with Crippen molar-refractivity contribution in [2.75, 3.05) is 13.7 Å². The summed E-state index contributed by atoms with van der Waals surface area (Å²) in [5.41, 5.74) is 2.11. The summed E-state index contributed by atoms with van der Waals surface area (Å²) in [5, 5.41) is 2.93. The molecule has 3 aromatic rings. The summed E-state index contributed by atoms with van der Waals surface area (Å²) in [6.45, 7) is 0.628. The number of aromatic nitrogens is 1. The second kappa shape index (κ2) is 8.85. The number of benzene rings is 2. The molecule has 26 heavy (non-hydrogen) atoms. The first-order chi connectivity index (χ1) is 12.7. The van der Waals surface area contributed by atoms with Crippen LogP contribution >= 0.6 is 0 Å². The standard InChI is InChI=1S/C21H22N2O3/c1-25-18-9-5-8-17(14-18)19-15-23-21(26-19)11-10-20(24)22-13-12-16-6-3-2-4-7-16/h2-9,14-15H,10-13H2,1H3,(H,22,24). The molecule has 1 aromatic heterocycles. The predicted molar refractivity (Wildman–Crippen MR) is 100.0 cm³/mol. The van der Waals surface area contributed by atoms with Crippen molar-refractivity contribution in [1.82, 2.24) is 10.3 Å². The van der Waals surface area contributed by atoms with Crippen molar-refractivity contribution in [1.29, 1.82) is 0 Å². The van der Waals surface area contributed by atoms with Gasteiger partial charge in [0.15, 0.2) is 11.7 Å². The molecule has 0 aliphatic rings. The van der Waals surface area contributed by atoms with Crippen LogP contribution < -0.4 is 10.1 Å². The molecule has 5 heteroatoms. The van der Waals surface area contributed by atoms with Crippen LogP contribution in [0.4, 0.5) is 0 Å². The van der Waals surface area contributed by atoms with Crippen LogP contribution in [0, 0.1) is 0 Å². The molecule has 0 atom stereocenters. The summed E-state index contributed by atoms with van der Waals surface area (Å²) >= 11 is 0. The van der Waals surface area contributed by atoms with Gasteiger partial charge in [-0.3, -0.25) is 4.79 Å². The normalized spacial score (nSPS) is 10.5. The van der Waals surface area contributed by atoms with E-state index in [0.717, 1.165) is 17.7 Å². The molecule has 5 nitrogen and oxygen atoms in total. The number of carbonyl (C=O) groups is 1. The number of methoxy groups -OCH3 is 1. The van der Waals surface area contributed by atoms with Gasteiger partial charge in [0.1, 0.15) is 5.75 Å². The average Bonchev–Trinajstić information content (AvgIpc) is 3.16. The minimum absolute atomic E-state index is 0.00191. The van der Waals surface area contributed by atoms with Crippen molar-refractivity contribution in [3.05, 3.63) is 72.2 Å². The van der Waals surface area contributed by atoms with Crippen molar-refractivity contribution in [2.45, 2.75) is 19.3 Å². The molecule has 0 spiro atoms. The minimum atomic E-state index is 0.00191. The van der Waals surface area contributed by atoms with E-state index in [9.17, 15) is 4.79 Å². The Morgan fingerprint density at radius 1 is 1.12 bits per heavy atom. The number of hydrogen-bond acceptors (Lipinski definition) is 4. The number of hydrogen-bond donors (Lipinski definition) is 1. The Labute approximate surface area is 153 Å². The van der Waals surface area contributed by atoms with Crippen LogP contribution in [0.2, 0.25) is 0 Å². The smallest absolute Gasteiger partial charge is 0.220 e. The van der Waals surface area contributed by atoms with Gasteiger partial charge in [0.25, 0.3) is 0 Å². The summed E-state index contributed by atoms with van der Waals surface area (Å²) in [6.07, 6.45) is 3.33. The molecule has 1 heterocycles. The third-order valence-corrected chi connectivity index (χ3v) is 4.05. The Morgan fingerprint density at radius 2 is 1.96 bits per heavy atom. The van der Waals surface area contributed by atoms with Gasteiger partial charge in [0, 0.05) is 24.9 Å². The molecule has 2 aromatic carbocycles. The third kappa shape index (κ3) is 4.96. The highest BCUT2D eigenvalue weighted by molar-refractivity contribution is 5.76. The molecule has 3 rings (SSSR count). The second-order valence-electron chi connectivity index (χ2n) is 5.94. The molecule has 0 saturated carbocycles. The number of ether oxygens (including phenoxy) is 1. The van der Waals surface area contributed by atoms with Gasteiger partial charge in [-0.1, -0.05) is 42.5 Å². The van der Waals surface area contributed by atoms with E-state index in [-0.39, 0.29) is 5.91 Å². The predicted octanol–water partition coefficient (Wildman–Crippen LogP) is 3.64. The monoisotopic (exact) mass is 350 g/mol. The van der Waals surface area contributed by atoms with Crippen molar-refractivity contribution in [3.8, 4) is 17.1 Å². The molecule has 134 valence electrons. The van der Waals surface area contributed by atoms with Gasteiger partial charge in [-0.2, -0.15) is 0 Å². The Hall–Kier alpha value is -3.08. The van der Waals surface area contributed by atoms with E-state index in [1.54, 1.807) is 13.3 Å². The average molecular weight is 350 g/mol. The van der Waals surface area contributed by atoms with Gasteiger partial charge in [-0.05, 0) is 24.1 Å². The van der Waals surface area contributed by atoms with Crippen molar-refractivity contribution >= 4 is 5.91 Å². The van der Waals surface area contributed by atoms with E-state index in [2.05, 4.69) is 22.4 Å². The summed E-state index contributed by atoms with van der Waals surface area (Å²) in [6, 6.07) is 17.7. The van der Waals surface area contributed by atoms with E-state index in [4.69, 9.17) is 9.15 Å². The largest absolute Gasteiger partial charge is 0.497 e. The molecule has 1 amide bonds. The summed E-state index contributed by atoms with van der Waals surface area (Å²) in [5.74, 6) is 1.99. The second-order valence-corrected chi connectivity index (χ2v) is 5.94. The maximum atomic E-state index is 12.0. The summed E-state index contributed by atoms with van der Waals surface area (Å²) in [7, 11) is 1.63. The molecular formula is C21H22N2O3. The number of aryl methyl sites for hydroxylation is 1. The first kappa shape index (κ1) is 17.7. The van der Waals surface area contributed by atoms with E-state index < -0.39 is 0 Å². The number of carbonyl (C=O) groups excluding carboxylic acids is 1. The Kier molecular flexibility index (Phi) is 6.04. The van der Waals surface area contributed by atoms with Gasteiger partial charge in [-0.15, -0.1) is 0 Å². The Morgan fingerprint density at radius 3 is 2.77 bits per heavy atom. The maximum Gasteiger partial charge on any atom is 0.220 e. The minimum Gasteiger partial charge on any atom is -0.497 e. The van der Waals surface area contributed by atoms with Crippen LogP contribution in [-0.2, 0) is 17.6 Å². The van der Waals surface area contributed by atoms with Crippen LogP contribution in [-0.4, -0.2) is 24.5 Å². The number of rotatable bonds is 8. The van der Waals surface area contributed by atoms with E-state index in [1.165, 1.54) is 5.56 Å². The van der Waals surface area contributed by atoms with Crippen molar-refractivity contribution < 1.29 is 13.9 Å². The zero-order valence-corrected chi connectivity index (χ0v) is 14.8. The highest BCUT2D eigenvalue weighted by Crippen LogP contribution is 2.24. The molecule has 0 unspecified atom stereocenters. The van der Waals surface area contributed by atoms with Crippen LogP contribution in [0.25, 0.3) is 11.3 Å². The van der Waals surface area contributed by atoms with Crippen molar-refractivity contribution in [2.24, 2.45) is 0 Å². The zero-order valence-electron chi connectivity index (χ0n) is 14.8. The van der Waals surface area contributed by atoms with Crippen LogP contribution in [0.1, 0.15) is 17.9 Å². The molecule has 0 aliphatic carbocycles. The molecular weight excluding hydrogens is 328 g/mol. The lowest BCUT2D eigenvalue weighted by Gasteiger charge is -2.04. The third-order valence-electron chi connectivity index (χ3n) is 4.05. The molecule has 0 fully saturated rings. The fourth-order valence-electron chi connectivity index (χ4n) is 2.64. The SMILES string of the molecule is COc1cccc(-c2cnc(CCC(=O)NCCc3ccccc3)o2)c1. The van der Waals surface area contributed by atoms with E-state index >= 15 is 0 Å². The Balaban J connectivity index is 1.46. The molecule has 0 bridgehead atoms. The van der Waals surface area contributed by atoms with Gasteiger partial charge in [-0.25, -0.2) is 4.98 Å². The first-order valence-corrected chi connectivity index (χ1v) is 8.64. The quantitative estimate of drug-likeness (QED) is 0.674. The van der Waals surface area contributed by atoms with Crippen LogP contribution in [0.3, 0.4) is 0 Å². The zero-order chi connectivity index (χ0) is 18.2.